The van der Waals surface area contributed by atoms with Crippen molar-refractivity contribution in [1.82, 2.24) is 14.9 Å². The molecule has 1 N–H and O–H groups in total. The number of ether oxygens (including phenoxy) is 3. The first kappa shape index (κ1) is 17.7. The van der Waals surface area contributed by atoms with Crippen LogP contribution in [0, 0.1) is 4.77 Å². The zero-order valence-corrected chi connectivity index (χ0v) is 15.4. The molecule has 0 unspecified atom stereocenters. The number of hydrogen-bond donors (Lipinski definition) is 1. The summed E-state index contributed by atoms with van der Waals surface area (Å²) < 4.78 is 17.7. The number of nitrogens with one attached hydrogen (secondary N) is 1. The lowest BCUT2D eigenvalue weighted by Gasteiger charge is -2.07. The Labute approximate surface area is 155 Å². The summed E-state index contributed by atoms with van der Waals surface area (Å²) in [4.78, 5) is 0. The van der Waals surface area contributed by atoms with Gasteiger partial charge >= 0.3 is 0 Å². The number of H-pyrrole nitrogens is 1. The van der Waals surface area contributed by atoms with E-state index in [0.717, 1.165) is 16.9 Å². The van der Waals surface area contributed by atoms with Gasteiger partial charge in [-0.25, -0.2) is 5.10 Å². The molecular formula is C18H18N4O3S. The molecule has 0 fully saturated rings. The van der Waals surface area contributed by atoms with E-state index in [0.29, 0.717) is 22.1 Å². The fourth-order valence-corrected chi connectivity index (χ4v) is 2.55. The van der Waals surface area contributed by atoms with Crippen LogP contribution in [0.1, 0.15) is 5.56 Å². The largest absolute Gasteiger partial charge is 0.497 e. The Kier molecular flexibility index (Phi) is 5.33. The summed E-state index contributed by atoms with van der Waals surface area (Å²) in [6.45, 7) is 0. The van der Waals surface area contributed by atoms with Gasteiger partial charge in [0.05, 0.1) is 27.5 Å². The number of nitrogens with zero attached hydrogens (tertiary/aromatic N) is 3. The molecule has 0 bridgehead atoms. The highest BCUT2D eigenvalue weighted by molar-refractivity contribution is 7.71. The highest BCUT2D eigenvalue weighted by Crippen LogP contribution is 2.24. The maximum absolute atomic E-state index is 5.38. The third kappa shape index (κ3) is 3.60. The van der Waals surface area contributed by atoms with Crippen molar-refractivity contribution in [3.05, 3.63) is 52.8 Å². The third-order valence-corrected chi connectivity index (χ3v) is 4.02. The van der Waals surface area contributed by atoms with E-state index in [1.807, 2.05) is 36.4 Å². The molecule has 3 aromatic rings. The van der Waals surface area contributed by atoms with E-state index in [9.17, 15) is 0 Å². The quantitative estimate of drug-likeness (QED) is 0.531. The lowest BCUT2D eigenvalue weighted by Crippen LogP contribution is -1.97. The molecule has 2 aromatic carbocycles. The molecule has 8 heteroatoms. The number of benzene rings is 2. The number of aromatic nitrogens is 3. The Morgan fingerprint density at radius 3 is 2.35 bits per heavy atom. The number of aromatic amines is 1. The molecule has 0 aliphatic heterocycles. The van der Waals surface area contributed by atoms with Crippen LogP contribution in [0.3, 0.4) is 0 Å². The van der Waals surface area contributed by atoms with E-state index >= 15 is 0 Å². The molecule has 0 radical (unpaired) electrons. The highest BCUT2D eigenvalue weighted by Gasteiger charge is 2.09. The van der Waals surface area contributed by atoms with Gasteiger partial charge in [0.2, 0.25) is 4.77 Å². The highest BCUT2D eigenvalue weighted by atomic mass is 32.1. The lowest BCUT2D eigenvalue weighted by atomic mass is 10.2. The van der Waals surface area contributed by atoms with Crippen LogP contribution in [0.15, 0.2) is 47.6 Å². The summed E-state index contributed by atoms with van der Waals surface area (Å²) in [5, 5.41) is 11.5. The zero-order chi connectivity index (χ0) is 18.5. The molecule has 0 saturated carbocycles. The Morgan fingerprint density at radius 1 is 1.00 bits per heavy atom. The normalized spacial score (nSPS) is 10.9. The molecule has 0 saturated heterocycles. The van der Waals surface area contributed by atoms with Crippen LogP contribution in [-0.2, 0) is 0 Å². The van der Waals surface area contributed by atoms with Crippen molar-refractivity contribution in [2.75, 3.05) is 21.3 Å². The molecule has 0 spiro atoms. The summed E-state index contributed by atoms with van der Waals surface area (Å²) in [7, 11) is 4.82. The first-order valence-electron chi connectivity index (χ1n) is 7.74. The Morgan fingerprint density at radius 2 is 1.69 bits per heavy atom. The van der Waals surface area contributed by atoms with Crippen molar-refractivity contribution >= 4 is 18.4 Å². The molecule has 26 heavy (non-hydrogen) atoms. The third-order valence-electron chi connectivity index (χ3n) is 3.75. The minimum atomic E-state index is 0.388. The first-order chi connectivity index (χ1) is 12.7. The standard InChI is InChI=1S/C18H18N4O3S/c1-23-14-7-4-12(5-8-14)17-20-21-18(26)22(17)19-11-13-6-9-15(24-2)10-16(13)25-3/h4-11H,1-3H3,(H,21,26). The van der Waals surface area contributed by atoms with Gasteiger partial charge in [-0.2, -0.15) is 14.9 Å². The van der Waals surface area contributed by atoms with Crippen molar-refractivity contribution in [2.24, 2.45) is 5.10 Å². The van der Waals surface area contributed by atoms with Crippen molar-refractivity contribution in [2.45, 2.75) is 0 Å². The minimum Gasteiger partial charge on any atom is -0.497 e. The van der Waals surface area contributed by atoms with Gasteiger partial charge < -0.3 is 14.2 Å². The van der Waals surface area contributed by atoms with Gasteiger partial charge in [-0.15, -0.1) is 0 Å². The molecule has 1 aromatic heterocycles. The molecule has 1 heterocycles. The predicted molar refractivity (Wildman–Crippen MR) is 102 cm³/mol. The molecule has 7 nitrogen and oxygen atoms in total. The van der Waals surface area contributed by atoms with Crippen LogP contribution in [0.2, 0.25) is 0 Å². The van der Waals surface area contributed by atoms with E-state index < -0.39 is 0 Å². The average molecular weight is 370 g/mol. The van der Waals surface area contributed by atoms with Crippen LogP contribution in [0.25, 0.3) is 11.4 Å². The maximum atomic E-state index is 5.38. The predicted octanol–water partition coefficient (Wildman–Crippen LogP) is 3.52. The monoisotopic (exact) mass is 370 g/mol. The average Bonchev–Trinajstić information content (AvgIpc) is 3.06. The fraction of sp³-hybridized carbons (Fsp3) is 0.167. The van der Waals surface area contributed by atoms with E-state index in [-0.39, 0.29) is 0 Å². The van der Waals surface area contributed by atoms with E-state index in [2.05, 4.69) is 15.3 Å². The van der Waals surface area contributed by atoms with E-state index in [1.165, 1.54) is 0 Å². The van der Waals surface area contributed by atoms with Crippen LogP contribution >= 0.6 is 12.2 Å². The second-order valence-electron chi connectivity index (χ2n) is 5.25. The van der Waals surface area contributed by atoms with Crippen molar-refractivity contribution in [1.29, 1.82) is 0 Å². The first-order valence-corrected chi connectivity index (χ1v) is 8.15. The van der Waals surface area contributed by atoms with Crippen LogP contribution in [-0.4, -0.2) is 42.4 Å². The van der Waals surface area contributed by atoms with Crippen molar-refractivity contribution in [3.63, 3.8) is 0 Å². The van der Waals surface area contributed by atoms with Gasteiger partial charge in [0.25, 0.3) is 0 Å². The van der Waals surface area contributed by atoms with Gasteiger partial charge in [0.15, 0.2) is 5.82 Å². The van der Waals surface area contributed by atoms with Gasteiger partial charge in [-0.1, -0.05) is 0 Å². The minimum absolute atomic E-state index is 0.388. The summed E-state index contributed by atoms with van der Waals surface area (Å²) in [6.07, 6.45) is 1.66. The number of rotatable bonds is 6. The number of hydrogen-bond acceptors (Lipinski definition) is 6. The summed E-state index contributed by atoms with van der Waals surface area (Å²) in [5.74, 6) is 2.72. The second kappa shape index (κ2) is 7.83. The molecular weight excluding hydrogens is 352 g/mol. The van der Waals surface area contributed by atoms with E-state index in [4.69, 9.17) is 26.4 Å². The number of methoxy groups -OCH3 is 3. The van der Waals surface area contributed by atoms with Crippen LogP contribution < -0.4 is 14.2 Å². The topological polar surface area (TPSA) is 73.7 Å². The summed E-state index contributed by atoms with van der Waals surface area (Å²) in [5.41, 5.74) is 1.65. The lowest BCUT2D eigenvalue weighted by molar-refractivity contribution is 0.394. The zero-order valence-electron chi connectivity index (χ0n) is 14.6. The van der Waals surface area contributed by atoms with Crippen molar-refractivity contribution < 1.29 is 14.2 Å². The van der Waals surface area contributed by atoms with Crippen LogP contribution in [0.5, 0.6) is 17.2 Å². The molecule has 0 aliphatic carbocycles. The Bertz CT molecular complexity index is 977. The second-order valence-corrected chi connectivity index (χ2v) is 5.63. The summed E-state index contributed by atoms with van der Waals surface area (Å²) in [6, 6.07) is 13.0. The molecule has 0 amide bonds. The van der Waals surface area contributed by atoms with Gasteiger partial charge in [0.1, 0.15) is 17.2 Å². The molecule has 0 aliphatic rings. The Hall–Kier alpha value is -3.13. The van der Waals surface area contributed by atoms with Crippen molar-refractivity contribution in [3.8, 4) is 28.6 Å². The summed E-state index contributed by atoms with van der Waals surface area (Å²) >= 11 is 5.29. The van der Waals surface area contributed by atoms with Gasteiger partial charge in [-0.3, -0.25) is 0 Å². The van der Waals surface area contributed by atoms with Crippen LogP contribution in [0.4, 0.5) is 0 Å². The smallest absolute Gasteiger partial charge is 0.216 e. The molecule has 3 rings (SSSR count). The Balaban J connectivity index is 1.97. The molecule has 0 atom stereocenters. The van der Waals surface area contributed by atoms with Gasteiger partial charge in [-0.05, 0) is 48.6 Å². The van der Waals surface area contributed by atoms with Gasteiger partial charge in [0, 0.05) is 17.2 Å². The fourth-order valence-electron chi connectivity index (χ4n) is 2.37. The maximum Gasteiger partial charge on any atom is 0.216 e. The molecule has 134 valence electrons. The van der Waals surface area contributed by atoms with E-state index in [1.54, 1.807) is 38.3 Å². The SMILES string of the molecule is COc1ccc(-c2n[nH]c(=S)n2N=Cc2ccc(OC)cc2OC)cc1.